The Bertz CT molecular complexity index is 248. The van der Waals surface area contributed by atoms with Gasteiger partial charge in [-0.05, 0) is 32.7 Å². The van der Waals surface area contributed by atoms with Gasteiger partial charge in [0.25, 0.3) is 0 Å². The third kappa shape index (κ3) is 4.95. The molecule has 1 unspecified atom stereocenters. The van der Waals surface area contributed by atoms with Crippen molar-refractivity contribution >= 4 is 5.97 Å². The zero-order chi connectivity index (χ0) is 11.3. The molecule has 86 valence electrons. The van der Waals surface area contributed by atoms with E-state index < -0.39 is 11.6 Å². The van der Waals surface area contributed by atoms with Crippen LogP contribution in [0.15, 0.2) is 12.2 Å². The third-order valence-corrected chi connectivity index (χ3v) is 2.78. The minimum atomic E-state index is -0.906. The Morgan fingerprint density at radius 1 is 1.47 bits per heavy atom. The maximum absolute atomic E-state index is 10.3. The molecule has 1 heterocycles. The molecule has 1 fully saturated rings. The average molecular weight is 213 g/mol. The first kappa shape index (κ1) is 12.2. The number of likely N-dealkylation sites (tertiary alicyclic amines) is 1. The largest absolute Gasteiger partial charge is 0.478 e. The number of rotatable bonds is 3. The van der Waals surface area contributed by atoms with E-state index in [4.69, 9.17) is 5.11 Å². The first-order valence-corrected chi connectivity index (χ1v) is 5.34. The summed E-state index contributed by atoms with van der Waals surface area (Å²) in [4.78, 5) is 12.4. The van der Waals surface area contributed by atoms with Gasteiger partial charge in [-0.3, -0.25) is 4.90 Å². The van der Waals surface area contributed by atoms with E-state index in [1.165, 1.54) is 6.08 Å². The smallest absolute Gasteiger partial charge is 0.328 e. The maximum Gasteiger partial charge on any atom is 0.328 e. The molecule has 0 bridgehead atoms. The normalized spacial score (nSPS) is 29.2. The van der Waals surface area contributed by atoms with E-state index in [2.05, 4.69) is 4.90 Å². The van der Waals surface area contributed by atoms with Gasteiger partial charge in [-0.1, -0.05) is 6.08 Å². The lowest BCUT2D eigenvalue weighted by Crippen LogP contribution is -2.28. The van der Waals surface area contributed by atoms with E-state index in [1.54, 1.807) is 6.08 Å². The molecule has 1 atom stereocenters. The molecule has 0 aliphatic carbocycles. The number of hydrogen-bond acceptors (Lipinski definition) is 3. The Labute approximate surface area is 90.2 Å². The summed E-state index contributed by atoms with van der Waals surface area (Å²) < 4.78 is 0. The van der Waals surface area contributed by atoms with Gasteiger partial charge in [-0.2, -0.15) is 0 Å². The van der Waals surface area contributed by atoms with Gasteiger partial charge >= 0.3 is 5.97 Å². The summed E-state index contributed by atoms with van der Waals surface area (Å²) in [7, 11) is 0. The van der Waals surface area contributed by atoms with E-state index >= 15 is 0 Å². The van der Waals surface area contributed by atoms with Gasteiger partial charge < -0.3 is 10.2 Å². The molecule has 1 saturated heterocycles. The number of nitrogens with zero attached hydrogens (tertiary/aromatic N) is 1. The summed E-state index contributed by atoms with van der Waals surface area (Å²) in [6.45, 7) is 4.28. The second kappa shape index (κ2) is 5.28. The monoisotopic (exact) mass is 213 g/mol. The fourth-order valence-electron chi connectivity index (χ4n) is 1.80. The standard InChI is InChI=1S/C11H19NO3/c1-11(15)5-3-8-12(9-6-11)7-2-4-10(13)14/h2,4,15H,3,5-9H2,1H3,(H,13,14)/b4-2+. The second-order valence-corrected chi connectivity index (χ2v) is 4.39. The SMILES string of the molecule is CC1(O)CCCN(C/C=C/C(=O)O)CC1. The Hall–Kier alpha value is -0.870. The molecule has 0 saturated carbocycles. The summed E-state index contributed by atoms with van der Waals surface area (Å²) in [6.07, 6.45) is 5.37. The van der Waals surface area contributed by atoms with Crippen molar-refractivity contribution in [3.63, 3.8) is 0 Å². The van der Waals surface area contributed by atoms with E-state index in [-0.39, 0.29) is 0 Å². The molecule has 0 amide bonds. The predicted octanol–water partition coefficient (Wildman–Crippen LogP) is 0.864. The minimum Gasteiger partial charge on any atom is -0.478 e. The van der Waals surface area contributed by atoms with Crippen molar-refractivity contribution in [2.45, 2.75) is 31.8 Å². The molecule has 2 N–H and O–H groups in total. The Balaban J connectivity index is 2.35. The van der Waals surface area contributed by atoms with Crippen molar-refractivity contribution in [2.75, 3.05) is 19.6 Å². The zero-order valence-corrected chi connectivity index (χ0v) is 9.15. The zero-order valence-electron chi connectivity index (χ0n) is 9.15. The van der Waals surface area contributed by atoms with Gasteiger partial charge in [-0.25, -0.2) is 4.79 Å². The van der Waals surface area contributed by atoms with Crippen molar-refractivity contribution in [3.05, 3.63) is 12.2 Å². The number of aliphatic carboxylic acids is 1. The highest BCUT2D eigenvalue weighted by atomic mass is 16.4. The van der Waals surface area contributed by atoms with Crippen LogP contribution in [0.4, 0.5) is 0 Å². The molecule has 0 radical (unpaired) electrons. The molecule has 4 heteroatoms. The first-order chi connectivity index (χ1) is 6.99. The number of carbonyl (C=O) groups is 1. The highest BCUT2D eigenvalue weighted by Crippen LogP contribution is 2.20. The summed E-state index contributed by atoms with van der Waals surface area (Å²) >= 11 is 0. The molecule has 0 aromatic rings. The van der Waals surface area contributed by atoms with E-state index in [0.717, 1.165) is 32.4 Å². The molecule has 1 rings (SSSR count). The second-order valence-electron chi connectivity index (χ2n) is 4.39. The van der Waals surface area contributed by atoms with Crippen LogP contribution in [0, 0.1) is 0 Å². The molecule has 4 nitrogen and oxygen atoms in total. The van der Waals surface area contributed by atoms with Gasteiger partial charge in [0.15, 0.2) is 0 Å². The highest BCUT2D eigenvalue weighted by Gasteiger charge is 2.24. The van der Waals surface area contributed by atoms with Crippen molar-refractivity contribution < 1.29 is 15.0 Å². The lowest BCUT2D eigenvalue weighted by atomic mass is 9.98. The minimum absolute atomic E-state index is 0.550. The highest BCUT2D eigenvalue weighted by molar-refractivity contribution is 5.79. The van der Waals surface area contributed by atoms with Gasteiger partial charge in [-0.15, -0.1) is 0 Å². The van der Waals surface area contributed by atoms with Crippen LogP contribution < -0.4 is 0 Å². The van der Waals surface area contributed by atoms with Crippen LogP contribution in [-0.4, -0.2) is 46.3 Å². The molecule has 0 spiro atoms. The van der Waals surface area contributed by atoms with Crippen LogP contribution in [0.3, 0.4) is 0 Å². The van der Waals surface area contributed by atoms with Crippen molar-refractivity contribution in [1.82, 2.24) is 4.90 Å². The molecular formula is C11H19NO3. The van der Waals surface area contributed by atoms with E-state index in [0.29, 0.717) is 6.54 Å². The Morgan fingerprint density at radius 2 is 2.20 bits per heavy atom. The predicted molar refractivity (Wildman–Crippen MR) is 57.7 cm³/mol. The van der Waals surface area contributed by atoms with Crippen molar-refractivity contribution in [1.29, 1.82) is 0 Å². The number of hydrogen-bond donors (Lipinski definition) is 2. The van der Waals surface area contributed by atoms with Crippen molar-refractivity contribution in [2.24, 2.45) is 0 Å². The lowest BCUT2D eigenvalue weighted by molar-refractivity contribution is -0.131. The van der Waals surface area contributed by atoms with E-state index in [1.807, 2.05) is 6.92 Å². The molecule has 0 aromatic heterocycles. The van der Waals surface area contributed by atoms with Gasteiger partial charge in [0.2, 0.25) is 0 Å². The molecule has 1 aliphatic rings. The van der Waals surface area contributed by atoms with Crippen LogP contribution in [-0.2, 0) is 4.79 Å². The Morgan fingerprint density at radius 3 is 2.87 bits per heavy atom. The van der Waals surface area contributed by atoms with Gasteiger partial charge in [0, 0.05) is 19.2 Å². The summed E-state index contributed by atoms with van der Waals surface area (Å²) in [5, 5.41) is 18.3. The first-order valence-electron chi connectivity index (χ1n) is 5.34. The molecule has 1 aliphatic heterocycles. The molecular weight excluding hydrogens is 194 g/mol. The summed E-state index contributed by atoms with van der Waals surface area (Å²) in [5.41, 5.74) is -0.550. The quantitative estimate of drug-likeness (QED) is 0.683. The van der Waals surface area contributed by atoms with Gasteiger partial charge in [0.1, 0.15) is 0 Å². The fourth-order valence-corrected chi connectivity index (χ4v) is 1.80. The van der Waals surface area contributed by atoms with Crippen LogP contribution in [0.1, 0.15) is 26.2 Å². The van der Waals surface area contributed by atoms with Crippen LogP contribution >= 0.6 is 0 Å². The number of aliphatic hydroxyl groups is 1. The van der Waals surface area contributed by atoms with Crippen molar-refractivity contribution in [3.8, 4) is 0 Å². The average Bonchev–Trinajstić information content (AvgIpc) is 2.27. The number of carboxylic acids is 1. The molecule has 0 aromatic carbocycles. The Kier molecular flexibility index (Phi) is 4.29. The molecule has 15 heavy (non-hydrogen) atoms. The van der Waals surface area contributed by atoms with Crippen LogP contribution in [0.5, 0.6) is 0 Å². The number of carboxylic acid groups (broad SMARTS) is 1. The van der Waals surface area contributed by atoms with E-state index in [9.17, 15) is 9.90 Å². The summed E-state index contributed by atoms with van der Waals surface area (Å²) in [6, 6.07) is 0. The third-order valence-electron chi connectivity index (χ3n) is 2.78. The fraction of sp³-hybridized carbons (Fsp3) is 0.727. The maximum atomic E-state index is 10.3. The lowest BCUT2D eigenvalue weighted by Gasteiger charge is -2.21. The van der Waals surface area contributed by atoms with Gasteiger partial charge in [0.05, 0.1) is 5.60 Å². The van der Waals surface area contributed by atoms with Crippen LogP contribution in [0.25, 0.3) is 0 Å². The topological polar surface area (TPSA) is 60.8 Å². The van der Waals surface area contributed by atoms with Crippen LogP contribution in [0.2, 0.25) is 0 Å². The summed E-state index contributed by atoms with van der Waals surface area (Å²) in [5.74, 6) is -0.906.